The Bertz CT molecular complexity index is 539. The van der Waals surface area contributed by atoms with Crippen LogP contribution in [0.2, 0.25) is 0 Å². The summed E-state index contributed by atoms with van der Waals surface area (Å²) in [5, 5.41) is 9.31. The number of nitrogens with zero attached hydrogens (tertiary/aromatic N) is 3. The van der Waals surface area contributed by atoms with Gasteiger partial charge >= 0.3 is 0 Å². The van der Waals surface area contributed by atoms with Crippen LogP contribution in [0.4, 0.5) is 0 Å². The van der Waals surface area contributed by atoms with E-state index in [1.807, 2.05) is 0 Å². The second-order valence-electron chi connectivity index (χ2n) is 4.76. The molecule has 1 aliphatic heterocycles. The first-order valence-electron chi connectivity index (χ1n) is 5.68. The monoisotopic (exact) mass is 243 g/mol. The van der Waals surface area contributed by atoms with E-state index in [-0.39, 0.29) is 17.2 Å². The van der Waals surface area contributed by atoms with Gasteiger partial charge in [-0.15, -0.1) is 0 Å². The summed E-state index contributed by atoms with van der Waals surface area (Å²) in [4.78, 5) is 29.4. The summed E-state index contributed by atoms with van der Waals surface area (Å²) in [6.07, 6.45) is 1.46. The molecule has 0 N–H and O–H groups in total. The molecule has 92 valence electrons. The van der Waals surface area contributed by atoms with Crippen molar-refractivity contribution in [1.82, 2.24) is 9.88 Å². The van der Waals surface area contributed by atoms with Crippen LogP contribution in [0.3, 0.4) is 0 Å². The molecular formula is C13H13N3O2. The van der Waals surface area contributed by atoms with Gasteiger partial charge in [-0.2, -0.15) is 5.26 Å². The Morgan fingerprint density at radius 1 is 1.39 bits per heavy atom. The van der Waals surface area contributed by atoms with Crippen molar-refractivity contribution >= 4 is 11.8 Å². The molecule has 2 rings (SSSR count). The predicted molar refractivity (Wildman–Crippen MR) is 63.6 cm³/mol. The van der Waals surface area contributed by atoms with Crippen molar-refractivity contribution in [2.24, 2.45) is 5.92 Å². The smallest absolute Gasteiger partial charge is 0.268 e. The summed E-state index contributed by atoms with van der Waals surface area (Å²) >= 11 is 0. The molecule has 0 bridgehead atoms. The van der Waals surface area contributed by atoms with Crippen LogP contribution in [-0.4, -0.2) is 27.2 Å². The Balaban J connectivity index is 2.56. The van der Waals surface area contributed by atoms with Gasteiger partial charge < -0.3 is 0 Å². The molecule has 0 spiro atoms. The van der Waals surface area contributed by atoms with Gasteiger partial charge in [-0.25, -0.2) is 0 Å². The molecule has 5 nitrogen and oxygen atoms in total. The molecule has 1 unspecified atom stereocenters. The molecule has 1 aliphatic rings. The number of amides is 2. The zero-order chi connectivity index (χ0) is 13.5. The highest BCUT2D eigenvalue weighted by Gasteiger charge is 2.49. The molecule has 5 heteroatoms. The average molecular weight is 243 g/mol. The fourth-order valence-corrected chi connectivity index (χ4v) is 1.93. The molecule has 18 heavy (non-hydrogen) atoms. The van der Waals surface area contributed by atoms with Gasteiger partial charge in [0, 0.05) is 6.20 Å². The van der Waals surface area contributed by atoms with Gasteiger partial charge in [0.25, 0.3) is 11.8 Å². The standard InChI is InChI=1S/C13H13N3O2/c1-8(2)13(3,7-14)16-11(17)9-5-4-6-15-10(9)12(16)18/h4-6,8H,1-3H3. The number of imide groups is 1. The van der Waals surface area contributed by atoms with Crippen molar-refractivity contribution in [3.8, 4) is 6.07 Å². The summed E-state index contributed by atoms with van der Waals surface area (Å²) < 4.78 is 0. The highest BCUT2D eigenvalue weighted by Crippen LogP contribution is 2.32. The Hall–Kier alpha value is -2.22. The quantitative estimate of drug-likeness (QED) is 0.740. The molecule has 1 aromatic rings. The Labute approximate surface area is 105 Å². The van der Waals surface area contributed by atoms with E-state index in [2.05, 4.69) is 11.1 Å². The van der Waals surface area contributed by atoms with Crippen LogP contribution in [0.1, 0.15) is 41.6 Å². The van der Waals surface area contributed by atoms with Crippen molar-refractivity contribution in [2.45, 2.75) is 26.3 Å². The van der Waals surface area contributed by atoms with E-state index >= 15 is 0 Å². The molecule has 0 saturated heterocycles. The van der Waals surface area contributed by atoms with Crippen LogP contribution < -0.4 is 0 Å². The summed E-state index contributed by atoms with van der Waals surface area (Å²) in [5.41, 5.74) is -0.760. The highest BCUT2D eigenvalue weighted by atomic mass is 16.2. The maximum Gasteiger partial charge on any atom is 0.281 e. The highest BCUT2D eigenvalue weighted by molar-refractivity contribution is 6.21. The van der Waals surface area contributed by atoms with E-state index in [1.54, 1.807) is 32.9 Å². The van der Waals surface area contributed by atoms with E-state index in [0.29, 0.717) is 0 Å². The van der Waals surface area contributed by atoms with Gasteiger partial charge in [0.1, 0.15) is 11.2 Å². The molecule has 0 radical (unpaired) electrons. The number of carbonyl (C=O) groups is 2. The number of aromatic nitrogens is 1. The predicted octanol–water partition coefficient (Wildman–Crippen LogP) is 1.62. The van der Waals surface area contributed by atoms with Gasteiger partial charge in [0.05, 0.1) is 11.6 Å². The van der Waals surface area contributed by atoms with Crippen LogP contribution in [0.15, 0.2) is 18.3 Å². The fraction of sp³-hybridized carbons (Fsp3) is 0.385. The lowest BCUT2D eigenvalue weighted by atomic mass is 9.88. The van der Waals surface area contributed by atoms with Crippen LogP contribution >= 0.6 is 0 Å². The molecule has 0 fully saturated rings. The Kier molecular flexibility index (Phi) is 2.66. The molecule has 2 heterocycles. The van der Waals surface area contributed by atoms with Crippen LogP contribution in [0.25, 0.3) is 0 Å². The minimum atomic E-state index is -1.16. The summed E-state index contributed by atoms with van der Waals surface area (Å²) in [6.45, 7) is 5.21. The normalized spacial score (nSPS) is 17.6. The van der Waals surface area contributed by atoms with Gasteiger partial charge in [-0.05, 0) is 25.0 Å². The minimum Gasteiger partial charge on any atom is -0.268 e. The lowest BCUT2D eigenvalue weighted by Gasteiger charge is -2.34. The third kappa shape index (κ3) is 1.42. The molecular weight excluding hydrogens is 230 g/mol. The first-order chi connectivity index (χ1) is 8.43. The maximum absolute atomic E-state index is 12.2. The van der Waals surface area contributed by atoms with Crippen molar-refractivity contribution in [3.05, 3.63) is 29.6 Å². The summed E-state index contributed by atoms with van der Waals surface area (Å²) in [6, 6.07) is 5.23. The van der Waals surface area contributed by atoms with Crippen LogP contribution in [-0.2, 0) is 0 Å². The number of rotatable bonds is 2. The van der Waals surface area contributed by atoms with Crippen molar-refractivity contribution in [3.63, 3.8) is 0 Å². The third-order valence-electron chi connectivity index (χ3n) is 3.46. The second kappa shape index (κ2) is 3.91. The van der Waals surface area contributed by atoms with Gasteiger partial charge in [-0.1, -0.05) is 13.8 Å². The lowest BCUT2D eigenvalue weighted by molar-refractivity contribution is 0.0463. The van der Waals surface area contributed by atoms with Gasteiger partial charge in [-0.3, -0.25) is 19.5 Å². The van der Waals surface area contributed by atoms with Gasteiger partial charge in [0.15, 0.2) is 0 Å². The largest absolute Gasteiger partial charge is 0.281 e. The first-order valence-corrected chi connectivity index (χ1v) is 5.68. The number of pyridine rings is 1. The number of hydrogen-bond donors (Lipinski definition) is 0. The van der Waals surface area contributed by atoms with E-state index in [9.17, 15) is 14.9 Å². The summed E-state index contributed by atoms with van der Waals surface area (Å²) in [5.74, 6) is -1.10. The molecule has 1 aromatic heterocycles. The van der Waals surface area contributed by atoms with Crippen molar-refractivity contribution in [2.75, 3.05) is 0 Å². The number of carbonyl (C=O) groups excluding carboxylic acids is 2. The number of nitriles is 1. The van der Waals surface area contributed by atoms with Crippen LogP contribution in [0.5, 0.6) is 0 Å². The van der Waals surface area contributed by atoms with E-state index in [1.165, 1.54) is 6.20 Å². The second-order valence-corrected chi connectivity index (χ2v) is 4.76. The van der Waals surface area contributed by atoms with Gasteiger partial charge in [0.2, 0.25) is 0 Å². The van der Waals surface area contributed by atoms with Crippen molar-refractivity contribution < 1.29 is 9.59 Å². The average Bonchev–Trinajstić information content (AvgIpc) is 2.62. The Morgan fingerprint density at radius 2 is 2.06 bits per heavy atom. The molecule has 1 atom stereocenters. The topological polar surface area (TPSA) is 74.1 Å². The van der Waals surface area contributed by atoms with E-state index < -0.39 is 17.4 Å². The number of fused-ring (bicyclic) bond motifs is 1. The lowest BCUT2D eigenvalue weighted by Crippen LogP contribution is -2.52. The third-order valence-corrected chi connectivity index (χ3v) is 3.46. The SMILES string of the molecule is CC(C)C(C)(C#N)N1C(=O)c2cccnc2C1=O. The van der Waals surface area contributed by atoms with E-state index in [4.69, 9.17) is 0 Å². The molecule has 0 aromatic carbocycles. The zero-order valence-electron chi connectivity index (χ0n) is 10.5. The fourth-order valence-electron chi connectivity index (χ4n) is 1.93. The molecule has 0 saturated carbocycles. The Morgan fingerprint density at radius 3 is 2.56 bits per heavy atom. The molecule has 2 amide bonds. The van der Waals surface area contributed by atoms with E-state index in [0.717, 1.165) is 4.90 Å². The first kappa shape index (κ1) is 12.2. The zero-order valence-corrected chi connectivity index (χ0v) is 10.5. The number of hydrogen-bond acceptors (Lipinski definition) is 4. The molecule has 0 aliphatic carbocycles. The minimum absolute atomic E-state index is 0.129. The van der Waals surface area contributed by atoms with Crippen molar-refractivity contribution in [1.29, 1.82) is 5.26 Å². The summed E-state index contributed by atoms with van der Waals surface area (Å²) in [7, 11) is 0. The maximum atomic E-state index is 12.2. The van der Waals surface area contributed by atoms with Crippen LogP contribution in [0, 0.1) is 17.2 Å².